The molecule has 8 heteroatoms. The first kappa shape index (κ1) is 18.3. The van der Waals surface area contributed by atoms with Crippen LogP contribution in [0.15, 0.2) is 56.8 Å². The van der Waals surface area contributed by atoms with Gasteiger partial charge in [-0.3, -0.25) is 14.4 Å². The molecular weight excluding hydrogens is 394 g/mol. The van der Waals surface area contributed by atoms with Gasteiger partial charge in [-0.1, -0.05) is 12.1 Å². The summed E-state index contributed by atoms with van der Waals surface area (Å²) in [6.07, 6.45) is 1.55. The second-order valence-corrected chi connectivity index (χ2v) is 7.03. The number of hydrogen-bond acceptors (Lipinski definition) is 4. The predicted molar refractivity (Wildman–Crippen MR) is 98.4 cm³/mol. The van der Waals surface area contributed by atoms with Crippen molar-refractivity contribution in [3.8, 4) is 0 Å². The summed E-state index contributed by atoms with van der Waals surface area (Å²) >= 11 is 4.30. The van der Waals surface area contributed by atoms with E-state index < -0.39 is 0 Å². The van der Waals surface area contributed by atoms with Crippen molar-refractivity contribution in [3.05, 3.63) is 57.4 Å². The molecule has 1 heterocycles. The number of para-hydroxylation sites is 1. The molecule has 2 rings (SSSR count). The van der Waals surface area contributed by atoms with E-state index in [1.165, 1.54) is 15.5 Å². The molecule has 126 valence electrons. The number of carbonyl (C=O) groups excluding carboxylic acids is 2. The highest BCUT2D eigenvalue weighted by molar-refractivity contribution is 9.10. The van der Waals surface area contributed by atoms with E-state index in [-0.39, 0.29) is 23.3 Å². The van der Waals surface area contributed by atoms with E-state index in [1.54, 1.807) is 50.6 Å². The first-order chi connectivity index (χ1) is 11.4. The second kappa shape index (κ2) is 8.16. The molecule has 1 N–H and O–H groups in total. The third kappa shape index (κ3) is 4.97. The van der Waals surface area contributed by atoms with Crippen LogP contribution in [0, 0.1) is 0 Å². The average molecular weight is 410 g/mol. The molecule has 1 aromatic carbocycles. The highest BCUT2D eigenvalue weighted by Crippen LogP contribution is 2.28. The van der Waals surface area contributed by atoms with Gasteiger partial charge in [-0.15, -0.1) is 0 Å². The molecule has 6 nitrogen and oxygen atoms in total. The molecule has 2 amide bonds. The van der Waals surface area contributed by atoms with Gasteiger partial charge in [0.15, 0.2) is 0 Å². The maximum absolute atomic E-state index is 12.2. The number of anilines is 1. The lowest BCUT2D eigenvalue weighted by atomic mass is 10.3. The summed E-state index contributed by atoms with van der Waals surface area (Å²) in [5.74, 6) is -0.347. The van der Waals surface area contributed by atoms with Crippen LogP contribution < -0.4 is 10.9 Å². The van der Waals surface area contributed by atoms with Gasteiger partial charge in [0.25, 0.3) is 10.8 Å². The molecular formula is C16H16BrN3O3S. The van der Waals surface area contributed by atoms with E-state index in [4.69, 9.17) is 0 Å². The minimum absolute atomic E-state index is 0.112. The molecule has 0 fully saturated rings. The standard InChI is InChI=1S/C16H16BrN3O3S/c1-19(2)16(23)24-13-6-4-3-5-12(13)18-14(21)10-20-9-11(17)7-8-15(20)22/h3-9H,10H2,1-2H3,(H,18,21). The van der Waals surface area contributed by atoms with Crippen molar-refractivity contribution < 1.29 is 9.59 Å². The lowest BCUT2D eigenvalue weighted by Crippen LogP contribution is -2.27. The maximum atomic E-state index is 12.2. The van der Waals surface area contributed by atoms with E-state index in [2.05, 4.69) is 21.2 Å². The van der Waals surface area contributed by atoms with Crippen LogP contribution in [0.25, 0.3) is 0 Å². The molecule has 0 aliphatic rings. The Kier molecular flexibility index (Phi) is 6.22. The summed E-state index contributed by atoms with van der Waals surface area (Å²) in [5.41, 5.74) is 0.268. The van der Waals surface area contributed by atoms with Gasteiger partial charge >= 0.3 is 0 Å². The predicted octanol–water partition coefficient (Wildman–Crippen LogP) is 3.02. The minimum Gasteiger partial charge on any atom is -0.339 e. The molecule has 0 spiro atoms. The molecule has 2 aromatic rings. The van der Waals surface area contributed by atoms with E-state index in [1.807, 2.05) is 0 Å². The molecule has 0 atom stereocenters. The molecule has 0 bridgehead atoms. The molecule has 0 aliphatic carbocycles. The Morgan fingerprint density at radius 3 is 2.62 bits per heavy atom. The minimum atomic E-state index is -0.347. The number of aromatic nitrogens is 1. The van der Waals surface area contributed by atoms with E-state index in [0.717, 1.165) is 11.8 Å². The lowest BCUT2D eigenvalue weighted by molar-refractivity contribution is -0.116. The van der Waals surface area contributed by atoms with Crippen LogP contribution in [0.2, 0.25) is 0 Å². The van der Waals surface area contributed by atoms with Gasteiger partial charge in [0.1, 0.15) is 6.54 Å². The number of amides is 2. The molecule has 24 heavy (non-hydrogen) atoms. The van der Waals surface area contributed by atoms with Gasteiger partial charge in [0.2, 0.25) is 5.91 Å². The number of thioether (sulfide) groups is 1. The third-order valence-corrected chi connectivity index (χ3v) is 4.57. The zero-order valence-electron chi connectivity index (χ0n) is 13.2. The van der Waals surface area contributed by atoms with Crippen LogP contribution in [0.3, 0.4) is 0 Å². The average Bonchev–Trinajstić information content (AvgIpc) is 2.52. The summed E-state index contributed by atoms with van der Waals surface area (Å²) in [4.78, 5) is 37.9. The van der Waals surface area contributed by atoms with Gasteiger partial charge in [-0.25, -0.2) is 0 Å². The van der Waals surface area contributed by atoms with Crippen molar-refractivity contribution in [2.75, 3.05) is 19.4 Å². The van der Waals surface area contributed by atoms with Crippen LogP contribution in [-0.4, -0.2) is 34.7 Å². The molecule has 1 aromatic heterocycles. The Labute approximate surface area is 152 Å². The van der Waals surface area contributed by atoms with Crippen molar-refractivity contribution in [2.45, 2.75) is 11.4 Å². The fourth-order valence-corrected chi connectivity index (χ4v) is 2.94. The van der Waals surface area contributed by atoms with Crippen LogP contribution in [0.5, 0.6) is 0 Å². The fraction of sp³-hybridized carbons (Fsp3) is 0.188. The SMILES string of the molecule is CN(C)C(=O)Sc1ccccc1NC(=O)Cn1cc(Br)ccc1=O. The third-order valence-electron chi connectivity index (χ3n) is 2.98. The molecule has 0 unspecified atom stereocenters. The van der Waals surface area contributed by atoms with Crippen LogP contribution in [0.4, 0.5) is 10.5 Å². The van der Waals surface area contributed by atoms with Crippen molar-refractivity contribution in [1.29, 1.82) is 0 Å². The quantitative estimate of drug-likeness (QED) is 0.787. The van der Waals surface area contributed by atoms with Crippen molar-refractivity contribution in [1.82, 2.24) is 9.47 Å². The summed E-state index contributed by atoms with van der Waals surface area (Å²) in [6, 6.07) is 10.0. The Morgan fingerprint density at radius 1 is 1.21 bits per heavy atom. The van der Waals surface area contributed by atoms with E-state index >= 15 is 0 Å². The summed E-state index contributed by atoms with van der Waals surface area (Å²) in [5, 5.41) is 2.61. The number of rotatable bonds is 4. The highest BCUT2D eigenvalue weighted by Gasteiger charge is 2.13. The molecule has 0 saturated carbocycles. The smallest absolute Gasteiger partial charge is 0.286 e. The van der Waals surface area contributed by atoms with Crippen LogP contribution in [0.1, 0.15) is 0 Å². The number of benzene rings is 1. The number of carbonyl (C=O) groups is 2. The van der Waals surface area contributed by atoms with Gasteiger partial charge in [-0.05, 0) is 45.9 Å². The highest BCUT2D eigenvalue weighted by atomic mass is 79.9. The normalized spacial score (nSPS) is 10.3. The first-order valence-corrected chi connectivity index (χ1v) is 8.62. The Balaban J connectivity index is 2.13. The molecule has 0 aliphatic heterocycles. The Hall–Kier alpha value is -2.06. The maximum Gasteiger partial charge on any atom is 0.286 e. The number of nitrogens with one attached hydrogen (secondary N) is 1. The summed E-state index contributed by atoms with van der Waals surface area (Å²) < 4.78 is 2.02. The summed E-state index contributed by atoms with van der Waals surface area (Å²) in [7, 11) is 3.33. The second-order valence-electron chi connectivity index (χ2n) is 5.12. The number of halogens is 1. The Morgan fingerprint density at radius 2 is 1.92 bits per heavy atom. The van der Waals surface area contributed by atoms with Gasteiger partial charge in [0.05, 0.1) is 5.69 Å². The van der Waals surface area contributed by atoms with Gasteiger partial charge < -0.3 is 14.8 Å². The largest absolute Gasteiger partial charge is 0.339 e. The van der Waals surface area contributed by atoms with Gasteiger partial charge in [0, 0.05) is 35.7 Å². The van der Waals surface area contributed by atoms with Gasteiger partial charge in [-0.2, -0.15) is 0 Å². The topological polar surface area (TPSA) is 71.4 Å². The van der Waals surface area contributed by atoms with Crippen molar-refractivity contribution in [3.63, 3.8) is 0 Å². The van der Waals surface area contributed by atoms with Crippen LogP contribution in [-0.2, 0) is 11.3 Å². The van der Waals surface area contributed by atoms with E-state index in [0.29, 0.717) is 15.1 Å². The number of nitrogens with zero attached hydrogens (tertiary/aromatic N) is 2. The zero-order valence-corrected chi connectivity index (χ0v) is 15.6. The first-order valence-electron chi connectivity index (χ1n) is 7.01. The fourth-order valence-electron chi connectivity index (χ4n) is 1.81. The zero-order chi connectivity index (χ0) is 17.7. The summed E-state index contributed by atoms with van der Waals surface area (Å²) in [6.45, 7) is -0.112. The monoisotopic (exact) mass is 409 g/mol. The lowest BCUT2D eigenvalue weighted by Gasteiger charge is -2.13. The molecule has 0 radical (unpaired) electrons. The van der Waals surface area contributed by atoms with E-state index in [9.17, 15) is 14.4 Å². The number of hydrogen-bond donors (Lipinski definition) is 1. The molecule has 0 saturated heterocycles. The van der Waals surface area contributed by atoms with Crippen molar-refractivity contribution in [2.24, 2.45) is 0 Å². The van der Waals surface area contributed by atoms with Crippen LogP contribution >= 0.6 is 27.7 Å². The van der Waals surface area contributed by atoms with Crippen molar-refractivity contribution >= 4 is 44.5 Å². The Bertz CT molecular complexity index is 820. The number of pyridine rings is 1.